The van der Waals surface area contributed by atoms with Gasteiger partial charge in [0.05, 0.1) is 18.3 Å². The molecule has 96 valence electrons. The SMILES string of the molecule is CCc1cc(C(=O)NC(CN)COC)n(C)n1. The van der Waals surface area contributed by atoms with Crippen LogP contribution >= 0.6 is 0 Å². The van der Waals surface area contributed by atoms with Gasteiger partial charge in [0.2, 0.25) is 0 Å². The fourth-order valence-electron chi connectivity index (χ4n) is 1.54. The van der Waals surface area contributed by atoms with Crippen LogP contribution in [0.3, 0.4) is 0 Å². The maximum Gasteiger partial charge on any atom is 0.269 e. The van der Waals surface area contributed by atoms with Crippen LogP contribution in [-0.4, -0.2) is 42.0 Å². The van der Waals surface area contributed by atoms with Gasteiger partial charge in [-0.1, -0.05) is 6.92 Å². The van der Waals surface area contributed by atoms with Crippen LogP contribution in [0.15, 0.2) is 6.07 Å². The number of nitrogens with zero attached hydrogens (tertiary/aromatic N) is 2. The molecule has 0 saturated carbocycles. The molecule has 1 atom stereocenters. The summed E-state index contributed by atoms with van der Waals surface area (Å²) in [6, 6.07) is 1.61. The molecular formula is C11H20N4O2. The largest absolute Gasteiger partial charge is 0.383 e. The van der Waals surface area contributed by atoms with Gasteiger partial charge in [-0.3, -0.25) is 9.48 Å². The average molecular weight is 240 g/mol. The minimum atomic E-state index is -0.174. The summed E-state index contributed by atoms with van der Waals surface area (Å²) in [5.74, 6) is -0.174. The number of ether oxygens (including phenoxy) is 1. The van der Waals surface area contributed by atoms with E-state index >= 15 is 0 Å². The van der Waals surface area contributed by atoms with Gasteiger partial charge in [0.1, 0.15) is 5.69 Å². The normalized spacial score (nSPS) is 12.5. The molecule has 0 saturated heterocycles. The Morgan fingerprint density at radius 3 is 2.88 bits per heavy atom. The summed E-state index contributed by atoms with van der Waals surface area (Å²) in [6.45, 7) is 2.75. The van der Waals surface area contributed by atoms with Crippen LogP contribution in [0.1, 0.15) is 23.1 Å². The number of nitrogens with two attached hydrogens (primary N) is 1. The van der Waals surface area contributed by atoms with Crippen molar-refractivity contribution in [1.29, 1.82) is 0 Å². The number of carbonyl (C=O) groups is 1. The Hall–Kier alpha value is -1.40. The van der Waals surface area contributed by atoms with Crippen LogP contribution in [0.4, 0.5) is 0 Å². The lowest BCUT2D eigenvalue weighted by Gasteiger charge is -2.15. The lowest BCUT2D eigenvalue weighted by molar-refractivity contribution is 0.0891. The zero-order valence-electron chi connectivity index (χ0n) is 10.6. The van der Waals surface area contributed by atoms with Crippen molar-refractivity contribution in [3.05, 3.63) is 17.5 Å². The van der Waals surface area contributed by atoms with Gasteiger partial charge >= 0.3 is 0 Å². The van der Waals surface area contributed by atoms with E-state index in [4.69, 9.17) is 10.5 Å². The van der Waals surface area contributed by atoms with Gasteiger partial charge in [-0.05, 0) is 12.5 Å². The van der Waals surface area contributed by atoms with Gasteiger partial charge in [0.25, 0.3) is 5.91 Å². The lowest BCUT2D eigenvalue weighted by atomic mass is 10.2. The monoisotopic (exact) mass is 240 g/mol. The molecule has 6 nitrogen and oxygen atoms in total. The molecule has 0 aliphatic heterocycles. The van der Waals surface area contributed by atoms with E-state index in [1.54, 1.807) is 24.9 Å². The zero-order chi connectivity index (χ0) is 12.8. The van der Waals surface area contributed by atoms with Crippen molar-refractivity contribution in [2.75, 3.05) is 20.3 Å². The average Bonchev–Trinajstić information content (AvgIpc) is 2.70. The second-order valence-electron chi connectivity index (χ2n) is 3.86. The molecule has 1 aromatic heterocycles. The highest BCUT2D eigenvalue weighted by molar-refractivity contribution is 5.92. The Morgan fingerprint density at radius 2 is 2.41 bits per heavy atom. The first-order valence-corrected chi connectivity index (χ1v) is 5.65. The summed E-state index contributed by atoms with van der Waals surface area (Å²) >= 11 is 0. The predicted octanol–water partition coefficient (Wildman–Crippen LogP) is -0.314. The fraction of sp³-hybridized carbons (Fsp3) is 0.636. The van der Waals surface area contributed by atoms with Gasteiger partial charge < -0.3 is 15.8 Å². The minimum Gasteiger partial charge on any atom is -0.383 e. The summed E-state index contributed by atoms with van der Waals surface area (Å²) in [5.41, 5.74) is 6.97. The number of methoxy groups -OCH3 is 1. The molecule has 1 amide bonds. The number of aromatic nitrogens is 2. The molecule has 0 aliphatic rings. The molecular weight excluding hydrogens is 220 g/mol. The molecule has 0 bridgehead atoms. The molecule has 0 spiro atoms. The van der Waals surface area contributed by atoms with E-state index < -0.39 is 0 Å². The van der Waals surface area contributed by atoms with E-state index in [1.807, 2.05) is 6.92 Å². The topological polar surface area (TPSA) is 82.2 Å². The molecule has 3 N–H and O–H groups in total. The van der Waals surface area contributed by atoms with E-state index in [2.05, 4.69) is 10.4 Å². The van der Waals surface area contributed by atoms with Gasteiger partial charge in [-0.2, -0.15) is 5.10 Å². The van der Waals surface area contributed by atoms with Crippen LogP contribution in [0, 0.1) is 0 Å². The summed E-state index contributed by atoms with van der Waals surface area (Å²) in [6.07, 6.45) is 0.805. The first-order valence-electron chi connectivity index (χ1n) is 5.65. The van der Waals surface area contributed by atoms with Crippen molar-refractivity contribution < 1.29 is 9.53 Å². The summed E-state index contributed by atoms with van der Waals surface area (Å²) < 4.78 is 6.55. The number of carbonyl (C=O) groups excluding carboxylic acids is 1. The Balaban J connectivity index is 2.71. The van der Waals surface area contributed by atoms with Crippen LogP contribution in [0.25, 0.3) is 0 Å². The van der Waals surface area contributed by atoms with Crippen molar-refractivity contribution in [1.82, 2.24) is 15.1 Å². The summed E-state index contributed by atoms with van der Waals surface area (Å²) in [7, 11) is 3.33. The van der Waals surface area contributed by atoms with E-state index in [9.17, 15) is 4.79 Å². The highest BCUT2D eigenvalue weighted by Crippen LogP contribution is 2.04. The second-order valence-corrected chi connectivity index (χ2v) is 3.86. The number of nitrogens with one attached hydrogen (secondary N) is 1. The second kappa shape index (κ2) is 6.36. The maximum absolute atomic E-state index is 12.0. The molecule has 6 heteroatoms. The third-order valence-electron chi connectivity index (χ3n) is 2.51. The van der Waals surface area contributed by atoms with Gasteiger partial charge in [-0.25, -0.2) is 0 Å². The van der Waals surface area contributed by atoms with E-state index in [-0.39, 0.29) is 11.9 Å². The third kappa shape index (κ3) is 3.54. The molecule has 1 heterocycles. The van der Waals surface area contributed by atoms with Crippen molar-refractivity contribution >= 4 is 5.91 Å². The van der Waals surface area contributed by atoms with E-state index in [1.165, 1.54) is 0 Å². The minimum absolute atomic E-state index is 0.174. The molecule has 0 radical (unpaired) electrons. The zero-order valence-corrected chi connectivity index (χ0v) is 10.6. The molecule has 0 aliphatic carbocycles. The standard InChI is InChI=1S/C11H20N4O2/c1-4-8-5-10(15(2)14-8)11(16)13-9(6-12)7-17-3/h5,9H,4,6-7,12H2,1-3H3,(H,13,16). The van der Waals surface area contributed by atoms with Crippen molar-refractivity contribution in [2.24, 2.45) is 12.8 Å². The van der Waals surface area contributed by atoms with Gasteiger partial charge in [-0.15, -0.1) is 0 Å². The van der Waals surface area contributed by atoms with E-state index in [0.717, 1.165) is 12.1 Å². The van der Waals surface area contributed by atoms with Crippen molar-refractivity contribution in [3.8, 4) is 0 Å². The Kier molecular flexibility index (Phi) is 5.11. The quantitative estimate of drug-likeness (QED) is 0.714. The first-order chi connectivity index (χ1) is 8.12. The molecule has 1 aromatic rings. The highest BCUT2D eigenvalue weighted by Gasteiger charge is 2.16. The number of hydrogen-bond acceptors (Lipinski definition) is 4. The number of aryl methyl sites for hydroxylation is 2. The smallest absolute Gasteiger partial charge is 0.269 e. The van der Waals surface area contributed by atoms with Crippen LogP contribution in [0.5, 0.6) is 0 Å². The third-order valence-corrected chi connectivity index (χ3v) is 2.51. The Morgan fingerprint density at radius 1 is 1.71 bits per heavy atom. The predicted molar refractivity (Wildman–Crippen MR) is 64.8 cm³/mol. The first kappa shape index (κ1) is 13.7. The van der Waals surface area contributed by atoms with Crippen LogP contribution in [-0.2, 0) is 18.2 Å². The Bertz CT molecular complexity index is 376. The molecule has 1 rings (SSSR count). The summed E-state index contributed by atoms with van der Waals surface area (Å²) in [5, 5.41) is 7.04. The van der Waals surface area contributed by atoms with Gasteiger partial charge in [0.15, 0.2) is 0 Å². The molecule has 0 fully saturated rings. The van der Waals surface area contributed by atoms with Gasteiger partial charge in [0, 0.05) is 20.7 Å². The maximum atomic E-state index is 12.0. The molecule has 0 aromatic carbocycles. The lowest BCUT2D eigenvalue weighted by Crippen LogP contribution is -2.43. The molecule has 17 heavy (non-hydrogen) atoms. The fourth-order valence-corrected chi connectivity index (χ4v) is 1.54. The number of amides is 1. The van der Waals surface area contributed by atoms with Crippen molar-refractivity contribution in [3.63, 3.8) is 0 Å². The number of hydrogen-bond donors (Lipinski definition) is 2. The van der Waals surface area contributed by atoms with Crippen LogP contribution in [0.2, 0.25) is 0 Å². The van der Waals surface area contributed by atoms with Crippen LogP contribution < -0.4 is 11.1 Å². The number of rotatable bonds is 6. The summed E-state index contributed by atoms with van der Waals surface area (Å²) in [4.78, 5) is 12.0. The Labute approximate surface area is 101 Å². The highest BCUT2D eigenvalue weighted by atomic mass is 16.5. The molecule has 1 unspecified atom stereocenters. The van der Waals surface area contributed by atoms with Crippen molar-refractivity contribution in [2.45, 2.75) is 19.4 Å². The van der Waals surface area contributed by atoms with E-state index in [0.29, 0.717) is 18.8 Å².